The van der Waals surface area contributed by atoms with Crippen LogP contribution in [-0.2, 0) is 16.4 Å². The van der Waals surface area contributed by atoms with E-state index in [0.717, 1.165) is 46.9 Å². The third-order valence-electron chi connectivity index (χ3n) is 6.30. The Morgan fingerprint density at radius 3 is 2.86 bits per heavy atom. The minimum Gasteiger partial charge on any atom is -0.346 e. The molecule has 3 aromatic rings. The lowest BCUT2D eigenvalue weighted by atomic mass is 9.85. The van der Waals surface area contributed by atoms with Crippen molar-refractivity contribution in [2.24, 2.45) is 5.92 Å². The second-order valence-electron chi connectivity index (χ2n) is 8.22. The Kier molecular flexibility index (Phi) is 4.01. The first-order chi connectivity index (χ1) is 13.4. The molecule has 2 aliphatic rings. The Balaban J connectivity index is 1.73. The Morgan fingerprint density at radius 1 is 1.29 bits per heavy atom. The third-order valence-corrected chi connectivity index (χ3v) is 7.78. The summed E-state index contributed by atoms with van der Waals surface area (Å²) in [4.78, 5) is 21.2. The fraction of sp³-hybridized carbons (Fsp3) is 0.500. The zero-order valence-corrected chi connectivity index (χ0v) is 16.7. The van der Waals surface area contributed by atoms with Gasteiger partial charge in [-0.3, -0.25) is 9.13 Å². The molecule has 0 bridgehead atoms. The average molecular weight is 401 g/mol. The van der Waals surface area contributed by atoms with E-state index in [4.69, 9.17) is 0 Å². The monoisotopic (exact) mass is 400 g/mol. The van der Waals surface area contributed by atoms with Crippen molar-refractivity contribution in [2.45, 2.75) is 45.2 Å². The molecule has 1 N–H and O–H groups in total. The van der Waals surface area contributed by atoms with Gasteiger partial charge in [0, 0.05) is 24.2 Å². The minimum atomic E-state index is -3.07. The highest BCUT2D eigenvalue weighted by molar-refractivity contribution is 7.92. The van der Waals surface area contributed by atoms with Gasteiger partial charge in [-0.2, -0.15) is 0 Å². The first kappa shape index (κ1) is 17.7. The zero-order chi connectivity index (χ0) is 19.5. The Labute approximate surface area is 163 Å². The Morgan fingerprint density at radius 2 is 2.11 bits per heavy atom. The largest absolute Gasteiger partial charge is 0.346 e. The lowest BCUT2D eigenvalue weighted by Crippen LogP contribution is -2.32. The minimum absolute atomic E-state index is 0.0335. The Bertz CT molecular complexity index is 1260. The second kappa shape index (κ2) is 6.34. The van der Waals surface area contributed by atoms with Crippen LogP contribution in [0, 0.1) is 5.92 Å². The highest BCUT2D eigenvalue weighted by Crippen LogP contribution is 2.36. The number of fused-ring (bicyclic) bond motifs is 3. The van der Waals surface area contributed by atoms with Gasteiger partial charge in [-0.15, -0.1) is 0 Å². The van der Waals surface area contributed by atoms with Crippen LogP contribution < -0.4 is 5.69 Å². The number of H-pyrrole nitrogens is 1. The summed E-state index contributed by atoms with van der Waals surface area (Å²) in [5, 5.41) is 0.944. The van der Waals surface area contributed by atoms with E-state index in [-0.39, 0.29) is 23.2 Å². The number of rotatable bonds is 3. The molecule has 3 aromatic heterocycles. The molecule has 1 fully saturated rings. The van der Waals surface area contributed by atoms with Crippen LogP contribution in [0.4, 0.5) is 0 Å². The van der Waals surface area contributed by atoms with Gasteiger partial charge < -0.3 is 4.98 Å². The summed E-state index contributed by atoms with van der Waals surface area (Å²) in [6, 6.07) is 2.13. The molecule has 0 spiro atoms. The maximum Gasteiger partial charge on any atom is 0.329 e. The molecular weight excluding hydrogens is 376 g/mol. The molecule has 28 heavy (non-hydrogen) atoms. The normalized spacial score (nSPS) is 24.8. The van der Waals surface area contributed by atoms with Gasteiger partial charge in [0.1, 0.15) is 5.65 Å². The SMILES string of the molecule is C[C@@H]1CCCC[C@@H]1n1c(=O)n(CC2=CCS(=O)(=O)C2)c2cnc3[nH]ccc3c21. The number of nitrogens with zero attached hydrogens (tertiary/aromatic N) is 3. The van der Waals surface area contributed by atoms with Crippen molar-refractivity contribution in [3.63, 3.8) is 0 Å². The van der Waals surface area contributed by atoms with E-state index in [1.165, 1.54) is 6.42 Å². The number of imidazole rings is 1. The van der Waals surface area contributed by atoms with E-state index in [0.29, 0.717) is 12.5 Å². The van der Waals surface area contributed by atoms with Gasteiger partial charge in [-0.05, 0) is 30.4 Å². The van der Waals surface area contributed by atoms with Gasteiger partial charge >= 0.3 is 5.69 Å². The molecule has 8 heteroatoms. The van der Waals surface area contributed by atoms with Crippen molar-refractivity contribution in [1.29, 1.82) is 0 Å². The molecule has 7 nitrogen and oxygen atoms in total. The van der Waals surface area contributed by atoms with E-state index in [2.05, 4.69) is 16.9 Å². The van der Waals surface area contributed by atoms with Gasteiger partial charge in [0.05, 0.1) is 28.7 Å². The topological polar surface area (TPSA) is 89.8 Å². The summed E-state index contributed by atoms with van der Waals surface area (Å²) in [7, 11) is -3.07. The summed E-state index contributed by atoms with van der Waals surface area (Å²) in [6.07, 6.45) is 9.77. The van der Waals surface area contributed by atoms with Crippen molar-refractivity contribution in [1.82, 2.24) is 19.1 Å². The number of aromatic amines is 1. The molecular formula is C20H24N4O3S. The van der Waals surface area contributed by atoms with Crippen LogP contribution in [-0.4, -0.2) is 39.0 Å². The molecule has 1 saturated carbocycles. The van der Waals surface area contributed by atoms with Crippen molar-refractivity contribution < 1.29 is 8.42 Å². The molecule has 0 saturated heterocycles. The standard InChI is InChI=1S/C20H24N4O3S/c1-13-4-2-3-5-16(13)24-18-15-6-8-21-19(15)22-10-17(18)23(20(24)25)11-14-7-9-28(26,27)12-14/h6-8,10,13,16H,2-5,9,11-12H2,1H3,(H,21,22)/t13-,16+/m1/s1. The highest BCUT2D eigenvalue weighted by Gasteiger charge is 2.29. The van der Waals surface area contributed by atoms with Crippen molar-refractivity contribution in [2.75, 3.05) is 11.5 Å². The number of pyridine rings is 1. The summed E-state index contributed by atoms with van der Waals surface area (Å²) < 4.78 is 27.4. The average Bonchev–Trinajstić information content (AvgIpc) is 3.33. The van der Waals surface area contributed by atoms with E-state index in [9.17, 15) is 13.2 Å². The number of nitrogens with one attached hydrogen (secondary N) is 1. The van der Waals surface area contributed by atoms with Gasteiger partial charge in [-0.25, -0.2) is 18.2 Å². The van der Waals surface area contributed by atoms with E-state index < -0.39 is 9.84 Å². The molecule has 4 heterocycles. The lowest BCUT2D eigenvalue weighted by Gasteiger charge is -2.29. The maximum absolute atomic E-state index is 13.6. The molecule has 0 radical (unpaired) electrons. The quantitative estimate of drug-likeness (QED) is 0.685. The first-order valence-corrected chi connectivity index (χ1v) is 11.7. The molecule has 5 rings (SSSR count). The summed E-state index contributed by atoms with van der Waals surface area (Å²) in [5.74, 6) is 0.528. The van der Waals surface area contributed by atoms with Crippen LogP contribution in [0.5, 0.6) is 0 Å². The van der Waals surface area contributed by atoms with Gasteiger partial charge in [0.2, 0.25) is 0 Å². The van der Waals surface area contributed by atoms with Gasteiger partial charge in [-0.1, -0.05) is 25.8 Å². The van der Waals surface area contributed by atoms with Gasteiger partial charge in [0.15, 0.2) is 9.84 Å². The number of hydrogen-bond donors (Lipinski definition) is 1. The fourth-order valence-corrected chi connectivity index (χ4v) is 6.24. The van der Waals surface area contributed by atoms with Crippen molar-refractivity contribution in [3.05, 3.63) is 40.6 Å². The van der Waals surface area contributed by atoms with Crippen LogP contribution in [0.3, 0.4) is 0 Å². The van der Waals surface area contributed by atoms with Crippen molar-refractivity contribution in [3.8, 4) is 0 Å². The smallest absolute Gasteiger partial charge is 0.329 e. The molecule has 2 atom stereocenters. The van der Waals surface area contributed by atoms with Crippen LogP contribution in [0.1, 0.15) is 38.6 Å². The number of sulfone groups is 1. The molecule has 0 unspecified atom stereocenters. The highest BCUT2D eigenvalue weighted by atomic mass is 32.2. The Hall–Kier alpha value is -2.35. The first-order valence-electron chi connectivity index (χ1n) is 9.90. The third kappa shape index (κ3) is 2.73. The predicted molar refractivity (Wildman–Crippen MR) is 109 cm³/mol. The molecule has 1 aliphatic carbocycles. The van der Waals surface area contributed by atoms with Crippen LogP contribution in [0.2, 0.25) is 0 Å². The van der Waals surface area contributed by atoms with E-state index in [1.54, 1.807) is 16.8 Å². The number of hydrogen-bond acceptors (Lipinski definition) is 4. The predicted octanol–water partition coefficient (Wildman–Crippen LogP) is 2.79. The second-order valence-corrected chi connectivity index (χ2v) is 10.3. The summed E-state index contributed by atoms with van der Waals surface area (Å²) >= 11 is 0. The van der Waals surface area contributed by atoms with Crippen LogP contribution in [0.15, 0.2) is 34.9 Å². The van der Waals surface area contributed by atoms with Crippen LogP contribution in [0.25, 0.3) is 22.1 Å². The van der Waals surface area contributed by atoms with E-state index in [1.807, 2.05) is 16.8 Å². The van der Waals surface area contributed by atoms with Crippen LogP contribution >= 0.6 is 0 Å². The maximum atomic E-state index is 13.6. The lowest BCUT2D eigenvalue weighted by molar-refractivity contribution is 0.256. The summed E-state index contributed by atoms with van der Waals surface area (Å²) in [6.45, 7) is 2.53. The fourth-order valence-electron chi connectivity index (χ4n) is 4.86. The molecule has 148 valence electrons. The van der Waals surface area contributed by atoms with E-state index >= 15 is 0 Å². The molecule has 0 aromatic carbocycles. The number of aromatic nitrogens is 4. The molecule has 1 aliphatic heterocycles. The summed E-state index contributed by atoms with van der Waals surface area (Å²) in [5.41, 5.74) is 3.18. The van der Waals surface area contributed by atoms with Crippen molar-refractivity contribution >= 4 is 31.9 Å². The molecule has 0 amide bonds. The zero-order valence-electron chi connectivity index (χ0n) is 15.9. The van der Waals surface area contributed by atoms with Gasteiger partial charge in [0.25, 0.3) is 0 Å².